The maximum absolute atomic E-state index is 9.79. The molecular formula is C10H13Cl2N3O2. The number of fused-ring (bicyclic) bond motifs is 1. The summed E-state index contributed by atoms with van der Waals surface area (Å²) in [6, 6.07) is 3.40. The molecule has 0 saturated heterocycles. The molecule has 0 amide bonds. The predicted molar refractivity (Wildman–Crippen MR) is 66.8 cm³/mol. The number of hydrogen-bond acceptors (Lipinski definition) is 5. The van der Waals surface area contributed by atoms with Crippen LogP contribution in [0.2, 0.25) is 10.0 Å². The number of nitrogens with zero attached hydrogens (tertiary/aromatic N) is 1. The van der Waals surface area contributed by atoms with Crippen LogP contribution in [0.15, 0.2) is 12.1 Å². The second kappa shape index (κ2) is 4.97. The van der Waals surface area contributed by atoms with Crippen molar-refractivity contribution in [3.05, 3.63) is 27.7 Å². The fourth-order valence-corrected chi connectivity index (χ4v) is 2.23. The Morgan fingerprint density at radius 3 is 2.71 bits per heavy atom. The first kappa shape index (κ1) is 12.9. The standard InChI is InChI=1S/C10H13Cl2N3O2/c11-6-1-2-7-5(8(6)12)3-14-4-15(7)10(17)9(13)16/h1-2,9-10,14,16-17H,3-4,13H2. The zero-order valence-electron chi connectivity index (χ0n) is 8.90. The monoisotopic (exact) mass is 277 g/mol. The van der Waals surface area contributed by atoms with Crippen molar-refractivity contribution in [2.24, 2.45) is 5.73 Å². The van der Waals surface area contributed by atoms with Crippen LogP contribution in [-0.2, 0) is 6.54 Å². The van der Waals surface area contributed by atoms with Gasteiger partial charge in [0.05, 0.1) is 16.7 Å². The van der Waals surface area contributed by atoms with Crippen molar-refractivity contribution in [1.82, 2.24) is 5.32 Å². The molecule has 0 aliphatic carbocycles. The van der Waals surface area contributed by atoms with E-state index in [-0.39, 0.29) is 0 Å². The molecular weight excluding hydrogens is 265 g/mol. The van der Waals surface area contributed by atoms with Gasteiger partial charge in [-0.05, 0) is 12.1 Å². The summed E-state index contributed by atoms with van der Waals surface area (Å²) in [6.45, 7) is 0.930. The maximum atomic E-state index is 9.79. The van der Waals surface area contributed by atoms with E-state index >= 15 is 0 Å². The lowest BCUT2D eigenvalue weighted by molar-refractivity contribution is 0.0199. The van der Waals surface area contributed by atoms with Crippen LogP contribution in [0.5, 0.6) is 0 Å². The lowest BCUT2D eigenvalue weighted by Gasteiger charge is -2.36. The van der Waals surface area contributed by atoms with Crippen molar-refractivity contribution in [2.45, 2.75) is 19.0 Å². The van der Waals surface area contributed by atoms with Gasteiger partial charge in [-0.1, -0.05) is 23.2 Å². The molecule has 7 heteroatoms. The molecule has 2 atom stereocenters. The van der Waals surface area contributed by atoms with E-state index in [9.17, 15) is 10.2 Å². The molecule has 1 aromatic carbocycles. The number of nitrogens with two attached hydrogens (primary N) is 1. The van der Waals surface area contributed by atoms with E-state index in [1.807, 2.05) is 0 Å². The highest BCUT2D eigenvalue weighted by Gasteiger charge is 2.27. The first-order valence-corrected chi connectivity index (χ1v) is 5.84. The summed E-state index contributed by atoms with van der Waals surface area (Å²) in [6.07, 6.45) is -2.55. The molecule has 0 saturated carbocycles. The molecule has 17 heavy (non-hydrogen) atoms. The Kier molecular flexibility index (Phi) is 3.77. The minimum absolute atomic E-state index is 0.375. The predicted octanol–water partition coefficient (Wildman–Crippen LogP) is 0.456. The van der Waals surface area contributed by atoms with Gasteiger partial charge in [0.25, 0.3) is 0 Å². The van der Waals surface area contributed by atoms with Gasteiger partial charge in [0.1, 0.15) is 6.23 Å². The Balaban J connectivity index is 2.42. The number of halogens is 2. The van der Waals surface area contributed by atoms with Crippen molar-refractivity contribution in [3.8, 4) is 0 Å². The highest BCUT2D eigenvalue weighted by atomic mass is 35.5. The van der Waals surface area contributed by atoms with E-state index in [0.29, 0.717) is 23.3 Å². The Bertz CT molecular complexity index is 428. The number of rotatable bonds is 2. The molecule has 94 valence electrons. The number of benzene rings is 1. The van der Waals surface area contributed by atoms with Gasteiger partial charge in [-0.2, -0.15) is 0 Å². The van der Waals surface area contributed by atoms with E-state index in [4.69, 9.17) is 28.9 Å². The van der Waals surface area contributed by atoms with Crippen LogP contribution in [0.1, 0.15) is 5.56 Å². The van der Waals surface area contributed by atoms with Gasteiger partial charge in [0, 0.05) is 17.8 Å². The summed E-state index contributed by atoms with van der Waals surface area (Å²) in [4.78, 5) is 1.53. The van der Waals surface area contributed by atoms with Crippen molar-refractivity contribution in [1.29, 1.82) is 0 Å². The summed E-state index contributed by atoms with van der Waals surface area (Å²) in [5.41, 5.74) is 6.77. The van der Waals surface area contributed by atoms with Gasteiger partial charge in [0.15, 0.2) is 6.23 Å². The van der Waals surface area contributed by atoms with E-state index in [1.54, 1.807) is 12.1 Å². The molecule has 1 aliphatic rings. The Hall–Kier alpha value is -0.560. The molecule has 5 N–H and O–H groups in total. The molecule has 0 aromatic heterocycles. The topological polar surface area (TPSA) is 81.8 Å². The average Bonchev–Trinajstić information content (AvgIpc) is 2.32. The maximum Gasteiger partial charge on any atom is 0.167 e. The van der Waals surface area contributed by atoms with Crippen molar-refractivity contribution >= 4 is 28.9 Å². The number of aliphatic hydroxyl groups is 2. The Morgan fingerprint density at radius 1 is 1.35 bits per heavy atom. The highest BCUT2D eigenvalue weighted by Crippen LogP contribution is 2.35. The fourth-order valence-electron chi connectivity index (χ4n) is 1.83. The van der Waals surface area contributed by atoms with E-state index in [0.717, 1.165) is 11.3 Å². The quantitative estimate of drug-likeness (QED) is 0.591. The molecule has 0 radical (unpaired) electrons. The van der Waals surface area contributed by atoms with Gasteiger partial charge in [0.2, 0.25) is 0 Å². The van der Waals surface area contributed by atoms with Gasteiger partial charge < -0.3 is 20.8 Å². The Morgan fingerprint density at radius 2 is 2.06 bits per heavy atom. The van der Waals surface area contributed by atoms with Gasteiger partial charge in [-0.15, -0.1) is 0 Å². The smallest absolute Gasteiger partial charge is 0.167 e. The molecule has 2 rings (SSSR count). The fraction of sp³-hybridized carbons (Fsp3) is 0.400. The molecule has 0 fully saturated rings. The highest BCUT2D eigenvalue weighted by molar-refractivity contribution is 6.42. The number of hydrogen-bond donors (Lipinski definition) is 4. The zero-order chi connectivity index (χ0) is 12.6. The van der Waals surface area contributed by atoms with E-state index in [1.165, 1.54) is 4.90 Å². The zero-order valence-corrected chi connectivity index (χ0v) is 10.4. The molecule has 1 aliphatic heterocycles. The molecule has 1 aromatic rings. The van der Waals surface area contributed by atoms with Crippen LogP contribution >= 0.6 is 23.2 Å². The summed E-state index contributed by atoms with van der Waals surface area (Å²) >= 11 is 12.0. The van der Waals surface area contributed by atoms with Crippen molar-refractivity contribution in [3.63, 3.8) is 0 Å². The van der Waals surface area contributed by atoms with Crippen molar-refractivity contribution in [2.75, 3.05) is 11.6 Å². The van der Waals surface area contributed by atoms with Crippen molar-refractivity contribution < 1.29 is 10.2 Å². The number of anilines is 1. The number of aliphatic hydroxyl groups excluding tert-OH is 2. The first-order chi connectivity index (χ1) is 8.02. The van der Waals surface area contributed by atoms with Gasteiger partial charge >= 0.3 is 0 Å². The number of nitrogens with one attached hydrogen (secondary N) is 1. The van der Waals surface area contributed by atoms with Crippen LogP contribution in [0.25, 0.3) is 0 Å². The van der Waals surface area contributed by atoms with Crippen LogP contribution in [-0.4, -0.2) is 29.3 Å². The average molecular weight is 278 g/mol. The molecule has 0 spiro atoms. The molecule has 0 bridgehead atoms. The van der Waals surface area contributed by atoms with Crippen LogP contribution in [0.3, 0.4) is 0 Å². The second-order valence-electron chi connectivity index (χ2n) is 3.82. The minimum atomic E-state index is -1.35. The van der Waals surface area contributed by atoms with Gasteiger partial charge in [-0.3, -0.25) is 5.32 Å². The normalized spacial score (nSPS) is 18.8. The summed E-state index contributed by atoms with van der Waals surface area (Å²) in [5.74, 6) is 0. The van der Waals surface area contributed by atoms with Crippen LogP contribution < -0.4 is 16.0 Å². The Labute approximate surface area is 109 Å². The van der Waals surface area contributed by atoms with E-state index < -0.39 is 12.5 Å². The summed E-state index contributed by atoms with van der Waals surface area (Å²) in [7, 11) is 0. The third-order valence-electron chi connectivity index (χ3n) is 2.69. The summed E-state index contributed by atoms with van der Waals surface area (Å²) < 4.78 is 0. The SMILES string of the molecule is NC(O)C(O)N1CNCc2c1ccc(Cl)c2Cl. The molecule has 2 unspecified atom stereocenters. The second-order valence-corrected chi connectivity index (χ2v) is 4.60. The van der Waals surface area contributed by atoms with Gasteiger partial charge in [-0.25, -0.2) is 0 Å². The van der Waals surface area contributed by atoms with Crippen LogP contribution in [0.4, 0.5) is 5.69 Å². The molecule has 5 nitrogen and oxygen atoms in total. The lowest BCUT2D eigenvalue weighted by atomic mass is 10.1. The third kappa shape index (κ3) is 2.35. The third-order valence-corrected chi connectivity index (χ3v) is 3.53. The van der Waals surface area contributed by atoms with E-state index in [2.05, 4.69) is 5.32 Å². The minimum Gasteiger partial charge on any atom is -0.374 e. The summed E-state index contributed by atoms with van der Waals surface area (Å²) in [5, 5.41) is 23.0. The lowest BCUT2D eigenvalue weighted by Crippen LogP contribution is -2.53. The van der Waals surface area contributed by atoms with Crippen LogP contribution in [0, 0.1) is 0 Å². The molecule has 1 heterocycles. The first-order valence-electron chi connectivity index (χ1n) is 5.08. The largest absolute Gasteiger partial charge is 0.374 e.